The van der Waals surface area contributed by atoms with E-state index in [1.165, 1.54) is 44.7 Å². The van der Waals surface area contributed by atoms with Crippen LogP contribution in [0.5, 0.6) is 0 Å². The molecule has 1 aliphatic heterocycles. The number of guanidine groups is 1. The third kappa shape index (κ3) is 7.28. The average molecular weight is 384 g/mol. The van der Waals surface area contributed by atoms with Crippen LogP contribution in [-0.2, 0) is 6.54 Å². The van der Waals surface area contributed by atoms with E-state index in [1.54, 1.807) is 0 Å². The van der Waals surface area contributed by atoms with Crippen LogP contribution in [0.15, 0.2) is 47.5 Å². The Hall–Kier alpha value is -1.85. The van der Waals surface area contributed by atoms with Crippen molar-refractivity contribution in [2.24, 2.45) is 4.99 Å². The van der Waals surface area contributed by atoms with Crippen molar-refractivity contribution >= 4 is 5.96 Å². The Kier molecular flexibility index (Phi) is 8.85. The first-order valence-corrected chi connectivity index (χ1v) is 11.0. The van der Waals surface area contributed by atoms with Gasteiger partial charge in [0.25, 0.3) is 0 Å². The van der Waals surface area contributed by atoms with Gasteiger partial charge < -0.3 is 15.5 Å². The molecule has 0 radical (unpaired) electrons. The molecule has 1 aliphatic carbocycles. The van der Waals surface area contributed by atoms with Crippen molar-refractivity contribution < 1.29 is 0 Å². The lowest BCUT2D eigenvalue weighted by Crippen LogP contribution is -2.46. The van der Waals surface area contributed by atoms with Crippen molar-refractivity contribution in [1.82, 2.24) is 20.4 Å². The van der Waals surface area contributed by atoms with E-state index in [0.29, 0.717) is 6.04 Å². The Morgan fingerprint density at radius 1 is 1.00 bits per heavy atom. The van der Waals surface area contributed by atoms with Gasteiger partial charge in [0.1, 0.15) is 0 Å². The second-order valence-corrected chi connectivity index (χ2v) is 7.86. The highest BCUT2D eigenvalue weighted by Crippen LogP contribution is 2.10. The normalized spacial score (nSPS) is 19.2. The first-order chi connectivity index (χ1) is 13.8. The molecule has 1 aromatic carbocycles. The van der Waals surface area contributed by atoms with Gasteiger partial charge in [0.15, 0.2) is 5.96 Å². The molecule has 1 fully saturated rings. The Balaban J connectivity index is 1.27. The lowest BCUT2D eigenvalue weighted by Gasteiger charge is -2.34. The largest absolute Gasteiger partial charge is 0.357 e. The number of benzene rings is 1. The van der Waals surface area contributed by atoms with Gasteiger partial charge in [-0.3, -0.25) is 9.89 Å². The Bertz CT molecular complexity index is 597. The summed E-state index contributed by atoms with van der Waals surface area (Å²) in [7, 11) is 0. The van der Waals surface area contributed by atoms with E-state index < -0.39 is 0 Å². The van der Waals surface area contributed by atoms with E-state index in [9.17, 15) is 0 Å². The molecule has 1 saturated heterocycles. The van der Waals surface area contributed by atoms with Crippen LogP contribution < -0.4 is 10.6 Å². The summed E-state index contributed by atoms with van der Waals surface area (Å²) in [6.07, 6.45) is 9.11. The van der Waals surface area contributed by atoms with Crippen LogP contribution in [-0.4, -0.2) is 67.6 Å². The Labute approximate surface area is 170 Å². The van der Waals surface area contributed by atoms with E-state index in [0.717, 1.165) is 44.9 Å². The van der Waals surface area contributed by atoms with Gasteiger partial charge in [0.2, 0.25) is 0 Å². The van der Waals surface area contributed by atoms with Crippen molar-refractivity contribution in [3.8, 4) is 0 Å². The third-order valence-electron chi connectivity index (χ3n) is 5.56. The van der Waals surface area contributed by atoms with Gasteiger partial charge in [-0.2, -0.15) is 0 Å². The van der Waals surface area contributed by atoms with Gasteiger partial charge in [-0.1, -0.05) is 42.5 Å². The number of hydrogen-bond donors (Lipinski definition) is 2. The molecule has 2 N–H and O–H groups in total. The minimum atomic E-state index is 0.519. The van der Waals surface area contributed by atoms with Crippen molar-refractivity contribution in [1.29, 1.82) is 0 Å². The summed E-state index contributed by atoms with van der Waals surface area (Å²) >= 11 is 0. The summed E-state index contributed by atoms with van der Waals surface area (Å²) in [4.78, 5) is 9.94. The molecule has 0 atom stereocenters. The van der Waals surface area contributed by atoms with Crippen LogP contribution in [0.3, 0.4) is 0 Å². The molecule has 3 rings (SSSR count). The zero-order chi connectivity index (χ0) is 19.4. The summed E-state index contributed by atoms with van der Waals surface area (Å²) in [6, 6.07) is 11.3. The number of aliphatic imine (C=N–C) groups is 1. The van der Waals surface area contributed by atoms with Gasteiger partial charge >= 0.3 is 0 Å². The van der Waals surface area contributed by atoms with Gasteiger partial charge in [0, 0.05) is 51.9 Å². The van der Waals surface area contributed by atoms with Gasteiger partial charge in [-0.05, 0) is 44.7 Å². The van der Waals surface area contributed by atoms with E-state index in [-0.39, 0.29) is 0 Å². The second-order valence-electron chi connectivity index (χ2n) is 7.86. The maximum atomic E-state index is 4.76. The molecule has 2 aliphatic rings. The minimum absolute atomic E-state index is 0.519. The summed E-state index contributed by atoms with van der Waals surface area (Å²) in [5, 5.41) is 6.91. The lowest BCUT2D eigenvalue weighted by atomic mass is 10.2. The van der Waals surface area contributed by atoms with Crippen LogP contribution in [0.4, 0.5) is 0 Å². The average Bonchev–Trinajstić information content (AvgIpc) is 3.23. The molecule has 5 nitrogen and oxygen atoms in total. The maximum Gasteiger partial charge on any atom is 0.191 e. The number of nitrogens with zero attached hydrogens (tertiary/aromatic N) is 3. The zero-order valence-electron chi connectivity index (χ0n) is 17.4. The molecule has 0 unspecified atom stereocenters. The number of hydrogen-bond acceptors (Lipinski definition) is 3. The monoisotopic (exact) mass is 383 g/mol. The highest BCUT2D eigenvalue weighted by molar-refractivity contribution is 5.80. The molecule has 154 valence electrons. The summed E-state index contributed by atoms with van der Waals surface area (Å²) < 4.78 is 0. The second kappa shape index (κ2) is 11.9. The van der Waals surface area contributed by atoms with Gasteiger partial charge in [-0.15, -0.1) is 0 Å². The number of nitrogens with one attached hydrogen (secondary N) is 2. The van der Waals surface area contributed by atoms with Crippen molar-refractivity contribution in [2.45, 2.75) is 45.2 Å². The predicted molar refractivity (Wildman–Crippen MR) is 119 cm³/mol. The summed E-state index contributed by atoms with van der Waals surface area (Å²) in [6.45, 7) is 11.0. The SMILES string of the molecule is CCNC(=NCCCCN1CCN(Cc2ccccc2)CC1)NC1CC=CC1. The quantitative estimate of drug-likeness (QED) is 0.298. The molecule has 0 aromatic heterocycles. The molecule has 0 spiro atoms. The minimum Gasteiger partial charge on any atom is -0.357 e. The van der Waals surface area contributed by atoms with Crippen molar-refractivity contribution in [2.75, 3.05) is 45.8 Å². The Morgan fingerprint density at radius 3 is 2.43 bits per heavy atom. The molecular weight excluding hydrogens is 346 g/mol. The first-order valence-electron chi connectivity index (χ1n) is 11.0. The number of piperazine rings is 1. The molecule has 0 saturated carbocycles. The van der Waals surface area contributed by atoms with Gasteiger partial charge in [-0.25, -0.2) is 0 Å². The van der Waals surface area contributed by atoms with E-state index in [1.807, 2.05) is 0 Å². The number of rotatable bonds is 9. The smallest absolute Gasteiger partial charge is 0.191 e. The van der Waals surface area contributed by atoms with Crippen LogP contribution in [0.1, 0.15) is 38.2 Å². The Morgan fingerprint density at radius 2 is 1.71 bits per heavy atom. The molecule has 0 bridgehead atoms. The van der Waals surface area contributed by atoms with E-state index in [2.05, 4.69) is 69.8 Å². The molecule has 5 heteroatoms. The van der Waals surface area contributed by atoms with E-state index >= 15 is 0 Å². The lowest BCUT2D eigenvalue weighted by molar-refractivity contribution is 0.126. The molecular formula is C23H37N5. The molecule has 1 aromatic rings. The predicted octanol–water partition coefficient (Wildman–Crippen LogP) is 2.86. The van der Waals surface area contributed by atoms with E-state index in [4.69, 9.17) is 4.99 Å². The van der Waals surface area contributed by atoms with Crippen LogP contribution in [0.2, 0.25) is 0 Å². The highest BCUT2D eigenvalue weighted by atomic mass is 15.3. The van der Waals surface area contributed by atoms with Crippen molar-refractivity contribution in [3.63, 3.8) is 0 Å². The highest BCUT2D eigenvalue weighted by Gasteiger charge is 2.16. The maximum absolute atomic E-state index is 4.76. The van der Waals surface area contributed by atoms with Gasteiger partial charge in [0.05, 0.1) is 0 Å². The topological polar surface area (TPSA) is 42.9 Å². The molecule has 1 heterocycles. The molecule has 28 heavy (non-hydrogen) atoms. The zero-order valence-corrected chi connectivity index (χ0v) is 17.4. The first kappa shape index (κ1) is 20.9. The fourth-order valence-corrected chi connectivity index (χ4v) is 3.90. The van der Waals surface area contributed by atoms with Crippen LogP contribution in [0, 0.1) is 0 Å². The fraction of sp³-hybridized carbons (Fsp3) is 0.609. The standard InChI is InChI=1S/C23H37N5/c1-2-24-23(26-22-12-6-7-13-22)25-14-8-9-15-27-16-18-28(19-17-27)20-21-10-4-3-5-11-21/h3-7,10-11,22H,2,8-9,12-20H2,1H3,(H2,24,25,26). The van der Waals surface area contributed by atoms with Crippen molar-refractivity contribution in [3.05, 3.63) is 48.0 Å². The summed E-state index contributed by atoms with van der Waals surface area (Å²) in [5.41, 5.74) is 1.42. The fourth-order valence-electron chi connectivity index (χ4n) is 3.90. The van der Waals surface area contributed by atoms with Crippen LogP contribution >= 0.6 is 0 Å². The van der Waals surface area contributed by atoms with Crippen LogP contribution in [0.25, 0.3) is 0 Å². The molecule has 0 amide bonds. The third-order valence-corrected chi connectivity index (χ3v) is 5.56. The summed E-state index contributed by atoms with van der Waals surface area (Å²) in [5.74, 6) is 0.978. The number of unbranched alkanes of at least 4 members (excludes halogenated alkanes) is 1.